The molecule has 4 rings (SSSR count). The third kappa shape index (κ3) is 3.29. The Morgan fingerprint density at radius 1 is 1.30 bits per heavy atom. The number of rotatable bonds is 3. The fourth-order valence-corrected chi connectivity index (χ4v) is 3.56. The molecule has 0 aliphatic carbocycles. The van der Waals surface area contributed by atoms with E-state index >= 15 is 0 Å². The molecule has 3 aromatic rings. The van der Waals surface area contributed by atoms with Crippen LogP contribution < -0.4 is 4.90 Å². The van der Waals surface area contributed by atoms with Crippen molar-refractivity contribution in [3.63, 3.8) is 0 Å². The summed E-state index contributed by atoms with van der Waals surface area (Å²) in [5, 5.41) is 9.33. The predicted molar refractivity (Wildman–Crippen MR) is 103 cm³/mol. The van der Waals surface area contributed by atoms with Crippen LogP contribution in [0.15, 0.2) is 48.8 Å². The molecule has 1 aromatic carbocycles. The van der Waals surface area contributed by atoms with E-state index in [2.05, 4.69) is 35.0 Å². The molecule has 2 aromatic heterocycles. The summed E-state index contributed by atoms with van der Waals surface area (Å²) >= 11 is 0. The molecule has 1 fully saturated rings. The summed E-state index contributed by atoms with van der Waals surface area (Å²) < 4.78 is 2.01. The van der Waals surface area contributed by atoms with Gasteiger partial charge in [-0.2, -0.15) is 5.26 Å². The van der Waals surface area contributed by atoms with Gasteiger partial charge in [0.05, 0.1) is 23.5 Å². The van der Waals surface area contributed by atoms with E-state index in [0.29, 0.717) is 30.9 Å². The quantitative estimate of drug-likeness (QED) is 0.721. The third-order valence-corrected chi connectivity index (χ3v) is 5.06. The number of anilines is 1. The average molecular weight is 359 g/mol. The van der Waals surface area contributed by atoms with Crippen LogP contribution in [0, 0.1) is 18.3 Å². The van der Waals surface area contributed by atoms with Crippen LogP contribution in [0.1, 0.15) is 23.7 Å². The molecule has 0 saturated carbocycles. The van der Waals surface area contributed by atoms with Crippen LogP contribution in [0.4, 0.5) is 5.69 Å². The number of nitriles is 1. The van der Waals surface area contributed by atoms with E-state index in [0.717, 1.165) is 11.3 Å². The number of amides is 1. The molecule has 0 bridgehead atoms. The number of aryl methyl sites for hydroxylation is 1. The van der Waals surface area contributed by atoms with Gasteiger partial charge in [-0.3, -0.25) is 9.69 Å². The van der Waals surface area contributed by atoms with Crippen LogP contribution >= 0.6 is 0 Å². The van der Waals surface area contributed by atoms with Crippen molar-refractivity contribution in [1.82, 2.24) is 14.3 Å². The first kappa shape index (κ1) is 17.3. The maximum absolute atomic E-state index is 12.8. The largest absolute Gasteiger partial charge is 0.308 e. The Labute approximate surface area is 158 Å². The number of benzene rings is 1. The normalized spacial score (nSPS) is 18.0. The van der Waals surface area contributed by atoms with Gasteiger partial charge in [-0.05, 0) is 43.7 Å². The Bertz CT molecular complexity index is 1050. The van der Waals surface area contributed by atoms with E-state index in [4.69, 9.17) is 0 Å². The van der Waals surface area contributed by atoms with Gasteiger partial charge in [-0.25, -0.2) is 4.98 Å². The topological polar surface area (TPSA) is 64.6 Å². The number of hydrogen-bond donors (Lipinski definition) is 0. The van der Waals surface area contributed by atoms with Crippen molar-refractivity contribution in [1.29, 1.82) is 5.26 Å². The molecule has 3 heterocycles. The first-order valence-electron chi connectivity index (χ1n) is 9.03. The SMILES string of the molecule is Cc1ccn2cc(CN3CC(=O)N(c4ccccc4C#N)C[C@@H]3C)nc2c1. The Kier molecular flexibility index (Phi) is 4.38. The van der Waals surface area contributed by atoms with Gasteiger partial charge in [0.1, 0.15) is 11.7 Å². The summed E-state index contributed by atoms with van der Waals surface area (Å²) in [7, 11) is 0. The first-order valence-corrected chi connectivity index (χ1v) is 9.03. The van der Waals surface area contributed by atoms with Crippen LogP contribution in [0.25, 0.3) is 5.65 Å². The van der Waals surface area contributed by atoms with E-state index in [9.17, 15) is 10.1 Å². The molecule has 1 atom stereocenters. The number of imidazole rings is 1. The third-order valence-electron chi connectivity index (χ3n) is 5.06. The first-order chi connectivity index (χ1) is 13.0. The number of hydrogen-bond acceptors (Lipinski definition) is 4. The van der Waals surface area contributed by atoms with Crippen LogP contribution in [0.2, 0.25) is 0 Å². The molecule has 27 heavy (non-hydrogen) atoms. The van der Waals surface area contributed by atoms with Crippen molar-refractivity contribution in [3.05, 3.63) is 65.6 Å². The zero-order valence-electron chi connectivity index (χ0n) is 15.5. The minimum Gasteiger partial charge on any atom is -0.308 e. The van der Waals surface area contributed by atoms with Gasteiger partial charge in [0.2, 0.25) is 5.91 Å². The molecule has 0 unspecified atom stereocenters. The summed E-state index contributed by atoms with van der Waals surface area (Å²) in [5.41, 5.74) is 4.27. The lowest BCUT2D eigenvalue weighted by atomic mass is 10.1. The number of fused-ring (bicyclic) bond motifs is 1. The van der Waals surface area contributed by atoms with Crippen molar-refractivity contribution in [2.75, 3.05) is 18.0 Å². The second-order valence-corrected chi connectivity index (χ2v) is 7.09. The van der Waals surface area contributed by atoms with E-state index in [-0.39, 0.29) is 11.9 Å². The van der Waals surface area contributed by atoms with Gasteiger partial charge in [0.15, 0.2) is 0 Å². The number of carbonyl (C=O) groups is 1. The number of piperazine rings is 1. The number of nitrogens with zero attached hydrogens (tertiary/aromatic N) is 5. The van der Waals surface area contributed by atoms with Gasteiger partial charge in [0, 0.05) is 31.5 Å². The number of para-hydroxylation sites is 1. The molecule has 6 nitrogen and oxygen atoms in total. The highest BCUT2D eigenvalue weighted by molar-refractivity contribution is 5.96. The molecule has 136 valence electrons. The smallest absolute Gasteiger partial charge is 0.241 e. The second kappa shape index (κ2) is 6.86. The minimum absolute atomic E-state index is 0.00964. The second-order valence-electron chi connectivity index (χ2n) is 7.09. The van der Waals surface area contributed by atoms with E-state index in [1.165, 1.54) is 5.56 Å². The van der Waals surface area contributed by atoms with E-state index in [1.54, 1.807) is 11.0 Å². The lowest BCUT2D eigenvalue weighted by molar-refractivity contribution is -0.122. The molecule has 1 amide bonds. The molecule has 0 N–H and O–H groups in total. The van der Waals surface area contributed by atoms with Crippen molar-refractivity contribution in [3.8, 4) is 6.07 Å². The summed E-state index contributed by atoms with van der Waals surface area (Å²) in [5.74, 6) is 0.00964. The standard InChI is InChI=1S/C21H21N5O/c1-15-7-8-24-12-18(23-20(24)9-15)13-25-14-21(27)26(11-16(25)2)19-6-4-3-5-17(19)10-22/h3-9,12,16H,11,13-14H2,1-2H3/t16-/m0/s1. The fraction of sp³-hybridized carbons (Fsp3) is 0.286. The predicted octanol–water partition coefficient (Wildman–Crippen LogP) is 2.75. The van der Waals surface area contributed by atoms with Gasteiger partial charge in [0.25, 0.3) is 0 Å². The molecule has 1 saturated heterocycles. The highest BCUT2D eigenvalue weighted by Gasteiger charge is 2.31. The van der Waals surface area contributed by atoms with Gasteiger partial charge < -0.3 is 9.30 Å². The van der Waals surface area contributed by atoms with Crippen LogP contribution in [-0.2, 0) is 11.3 Å². The summed E-state index contributed by atoms with van der Waals surface area (Å²) in [6.07, 6.45) is 4.02. The summed E-state index contributed by atoms with van der Waals surface area (Å²) in [6, 6.07) is 13.7. The lowest BCUT2D eigenvalue weighted by Crippen LogP contribution is -2.55. The van der Waals surface area contributed by atoms with Crippen molar-refractivity contribution in [2.24, 2.45) is 0 Å². The molecule has 0 radical (unpaired) electrons. The average Bonchev–Trinajstić information content (AvgIpc) is 3.05. The van der Waals surface area contributed by atoms with Crippen molar-refractivity contribution >= 4 is 17.2 Å². The van der Waals surface area contributed by atoms with Gasteiger partial charge in [-0.15, -0.1) is 0 Å². The summed E-state index contributed by atoms with van der Waals surface area (Å²) in [6.45, 7) is 5.65. The van der Waals surface area contributed by atoms with Crippen molar-refractivity contribution < 1.29 is 4.79 Å². The van der Waals surface area contributed by atoms with Crippen molar-refractivity contribution in [2.45, 2.75) is 26.4 Å². The molecule has 1 aliphatic rings. The zero-order valence-corrected chi connectivity index (χ0v) is 15.5. The molecular weight excluding hydrogens is 338 g/mol. The number of carbonyl (C=O) groups excluding carboxylic acids is 1. The van der Waals surface area contributed by atoms with Crippen LogP contribution in [0.3, 0.4) is 0 Å². The maximum Gasteiger partial charge on any atom is 0.241 e. The zero-order chi connectivity index (χ0) is 19.0. The molecule has 1 aliphatic heterocycles. The monoisotopic (exact) mass is 359 g/mol. The van der Waals surface area contributed by atoms with Gasteiger partial charge >= 0.3 is 0 Å². The Morgan fingerprint density at radius 3 is 2.93 bits per heavy atom. The van der Waals surface area contributed by atoms with E-state index in [1.807, 2.05) is 41.9 Å². The number of pyridine rings is 1. The van der Waals surface area contributed by atoms with Crippen LogP contribution in [0.5, 0.6) is 0 Å². The maximum atomic E-state index is 12.8. The molecular formula is C21H21N5O. The Hall–Kier alpha value is -3.17. The highest BCUT2D eigenvalue weighted by Crippen LogP contribution is 2.24. The summed E-state index contributed by atoms with van der Waals surface area (Å²) in [4.78, 5) is 21.3. The lowest BCUT2D eigenvalue weighted by Gasteiger charge is -2.39. The minimum atomic E-state index is 0.00964. The highest BCUT2D eigenvalue weighted by atomic mass is 16.2. The van der Waals surface area contributed by atoms with Crippen LogP contribution in [-0.4, -0.2) is 39.3 Å². The van der Waals surface area contributed by atoms with E-state index < -0.39 is 0 Å². The van der Waals surface area contributed by atoms with Gasteiger partial charge in [-0.1, -0.05) is 12.1 Å². The Balaban J connectivity index is 1.53. The Morgan fingerprint density at radius 2 is 2.11 bits per heavy atom. The molecule has 6 heteroatoms. The molecule has 0 spiro atoms. The number of aromatic nitrogens is 2. The fourth-order valence-electron chi connectivity index (χ4n) is 3.56.